The number of halogens is 1. The summed E-state index contributed by atoms with van der Waals surface area (Å²) >= 11 is 5.86. The summed E-state index contributed by atoms with van der Waals surface area (Å²) in [5, 5.41) is 5.76. The standard InChI is InChI=1S/C14H15ClN4O3/c1-2-16-12(20)6-17-13(21)7-19-8-18-11-4-3-9(15)5-10(11)14(19)22/h3-5,8H,2,6-7H2,1H3,(H,16,20)(H,17,21). The van der Waals surface area contributed by atoms with Gasteiger partial charge in [0.05, 0.1) is 23.8 Å². The van der Waals surface area contributed by atoms with Crippen LogP contribution in [0.1, 0.15) is 6.92 Å². The van der Waals surface area contributed by atoms with E-state index in [0.717, 1.165) is 0 Å². The van der Waals surface area contributed by atoms with E-state index in [1.807, 2.05) is 0 Å². The van der Waals surface area contributed by atoms with Crippen LogP contribution < -0.4 is 16.2 Å². The number of benzene rings is 1. The second kappa shape index (κ2) is 7.04. The third kappa shape index (κ3) is 3.82. The third-order valence-electron chi connectivity index (χ3n) is 2.92. The zero-order valence-electron chi connectivity index (χ0n) is 11.9. The average molecular weight is 323 g/mol. The van der Waals surface area contributed by atoms with Crippen molar-refractivity contribution in [3.8, 4) is 0 Å². The van der Waals surface area contributed by atoms with E-state index in [1.165, 1.54) is 17.0 Å². The second-order valence-electron chi connectivity index (χ2n) is 4.57. The Labute approximate surface area is 131 Å². The van der Waals surface area contributed by atoms with Crippen molar-refractivity contribution in [3.63, 3.8) is 0 Å². The predicted molar refractivity (Wildman–Crippen MR) is 82.7 cm³/mol. The number of amides is 2. The molecule has 0 aliphatic rings. The number of rotatable bonds is 5. The number of likely N-dealkylation sites (N-methyl/N-ethyl adjacent to an activating group) is 1. The number of hydrogen-bond donors (Lipinski definition) is 2. The number of carbonyl (C=O) groups is 2. The van der Waals surface area contributed by atoms with Gasteiger partial charge in [0.2, 0.25) is 11.8 Å². The van der Waals surface area contributed by atoms with Crippen LogP contribution in [0.4, 0.5) is 0 Å². The van der Waals surface area contributed by atoms with Crippen LogP contribution in [0.15, 0.2) is 29.3 Å². The van der Waals surface area contributed by atoms with E-state index in [9.17, 15) is 14.4 Å². The van der Waals surface area contributed by atoms with Gasteiger partial charge in [-0.2, -0.15) is 0 Å². The van der Waals surface area contributed by atoms with Gasteiger partial charge in [0.25, 0.3) is 5.56 Å². The van der Waals surface area contributed by atoms with Gasteiger partial charge in [0.15, 0.2) is 0 Å². The van der Waals surface area contributed by atoms with Gasteiger partial charge in [0.1, 0.15) is 6.54 Å². The van der Waals surface area contributed by atoms with Crippen LogP contribution >= 0.6 is 11.6 Å². The minimum absolute atomic E-state index is 0.131. The molecule has 1 aromatic heterocycles. The van der Waals surface area contributed by atoms with Crippen LogP contribution in [0, 0.1) is 0 Å². The van der Waals surface area contributed by atoms with E-state index in [0.29, 0.717) is 22.5 Å². The Morgan fingerprint density at radius 3 is 2.77 bits per heavy atom. The van der Waals surface area contributed by atoms with Crippen molar-refractivity contribution in [2.75, 3.05) is 13.1 Å². The summed E-state index contributed by atoms with van der Waals surface area (Å²) in [6.45, 7) is 1.93. The summed E-state index contributed by atoms with van der Waals surface area (Å²) in [5.74, 6) is -0.733. The zero-order chi connectivity index (χ0) is 16.1. The highest BCUT2D eigenvalue weighted by Gasteiger charge is 2.09. The summed E-state index contributed by atoms with van der Waals surface area (Å²) < 4.78 is 1.17. The van der Waals surface area contributed by atoms with E-state index < -0.39 is 5.91 Å². The quantitative estimate of drug-likeness (QED) is 0.828. The highest BCUT2D eigenvalue weighted by Crippen LogP contribution is 2.13. The van der Waals surface area contributed by atoms with Gasteiger partial charge in [-0.1, -0.05) is 11.6 Å². The molecule has 2 N–H and O–H groups in total. The summed E-state index contributed by atoms with van der Waals surface area (Å²) in [7, 11) is 0. The normalized spacial score (nSPS) is 10.5. The SMILES string of the molecule is CCNC(=O)CNC(=O)Cn1cnc2ccc(Cl)cc2c1=O. The van der Waals surface area contributed by atoms with Crippen molar-refractivity contribution < 1.29 is 9.59 Å². The van der Waals surface area contributed by atoms with Crippen molar-refractivity contribution in [3.05, 3.63) is 39.9 Å². The molecule has 0 saturated heterocycles. The van der Waals surface area contributed by atoms with Crippen LogP contribution in [0.5, 0.6) is 0 Å². The Hall–Kier alpha value is -2.41. The molecule has 0 bridgehead atoms. The van der Waals surface area contributed by atoms with Crippen LogP contribution in [0.2, 0.25) is 5.02 Å². The van der Waals surface area contributed by atoms with E-state index in [4.69, 9.17) is 11.6 Å². The maximum Gasteiger partial charge on any atom is 0.261 e. The number of nitrogens with zero attached hydrogens (tertiary/aromatic N) is 2. The molecule has 0 aliphatic heterocycles. The molecule has 0 saturated carbocycles. The van der Waals surface area contributed by atoms with Crippen LogP contribution in [0.3, 0.4) is 0 Å². The van der Waals surface area contributed by atoms with Crippen molar-refractivity contribution in [1.29, 1.82) is 0 Å². The maximum atomic E-state index is 12.3. The van der Waals surface area contributed by atoms with Gasteiger partial charge < -0.3 is 10.6 Å². The Morgan fingerprint density at radius 2 is 2.05 bits per heavy atom. The fourth-order valence-corrected chi connectivity index (χ4v) is 2.07. The van der Waals surface area contributed by atoms with E-state index in [-0.39, 0.29) is 24.6 Å². The second-order valence-corrected chi connectivity index (χ2v) is 5.01. The lowest BCUT2D eigenvalue weighted by Gasteiger charge is -2.08. The Balaban J connectivity index is 2.11. The van der Waals surface area contributed by atoms with Crippen molar-refractivity contribution in [2.24, 2.45) is 0 Å². The molecule has 2 rings (SSSR count). The molecule has 0 fully saturated rings. The predicted octanol–water partition coefficient (Wildman–Crippen LogP) is 0.302. The Morgan fingerprint density at radius 1 is 1.27 bits per heavy atom. The molecule has 8 heteroatoms. The molecule has 1 heterocycles. The van der Waals surface area contributed by atoms with Crippen LogP contribution in [-0.2, 0) is 16.1 Å². The first-order valence-electron chi connectivity index (χ1n) is 6.69. The number of nitrogens with one attached hydrogen (secondary N) is 2. The van der Waals surface area contributed by atoms with Crippen LogP contribution in [-0.4, -0.2) is 34.5 Å². The smallest absolute Gasteiger partial charge is 0.261 e. The van der Waals surface area contributed by atoms with Gasteiger partial charge in [-0.25, -0.2) is 4.98 Å². The van der Waals surface area contributed by atoms with Crippen molar-refractivity contribution in [1.82, 2.24) is 20.2 Å². The lowest BCUT2D eigenvalue weighted by atomic mass is 10.2. The highest BCUT2D eigenvalue weighted by atomic mass is 35.5. The molecule has 7 nitrogen and oxygen atoms in total. The van der Waals surface area contributed by atoms with Gasteiger partial charge in [-0.05, 0) is 25.1 Å². The molecule has 116 valence electrons. The molecular formula is C14H15ClN4O3. The minimum Gasteiger partial charge on any atom is -0.355 e. The molecule has 0 aliphatic carbocycles. The summed E-state index contributed by atoms with van der Waals surface area (Å²) in [5.41, 5.74) is 0.147. The minimum atomic E-state index is -0.448. The molecule has 0 radical (unpaired) electrons. The first-order valence-corrected chi connectivity index (χ1v) is 7.07. The number of aromatic nitrogens is 2. The largest absolute Gasteiger partial charge is 0.355 e. The lowest BCUT2D eigenvalue weighted by Crippen LogP contribution is -2.39. The van der Waals surface area contributed by atoms with Gasteiger partial charge in [0, 0.05) is 11.6 Å². The third-order valence-corrected chi connectivity index (χ3v) is 3.16. The maximum absolute atomic E-state index is 12.3. The molecule has 1 aromatic carbocycles. The summed E-state index contributed by atoms with van der Waals surface area (Å²) in [6, 6.07) is 4.79. The first kappa shape index (κ1) is 16.0. The van der Waals surface area contributed by atoms with Crippen LogP contribution in [0.25, 0.3) is 10.9 Å². The van der Waals surface area contributed by atoms with Crippen molar-refractivity contribution in [2.45, 2.75) is 13.5 Å². The monoisotopic (exact) mass is 322 g/mol. The molecular weight excluding hydrogens is 308 g/mol. The first-order chi connectivity index (χ1) is 10.5. The molecule has 0 atom stereocenters. The van der Waals surface area contributed by atoms with Gasteiger partial charge in [-0.15, -0.1) is 0 Å². The number of hydrogen-bond acceptors (Lipinski definition) is 4. The molecule has 2 amide bonds. The zero-order valence-corrected chi connectivity index (χ0v) is 12.7. The number of carbonyl (C=O) groups excluding carboxylic acids is 2. The van der Waals surface area contributed by atoms with E-state index in [1.54, 1.807) is 19.1 Å². The summed E-state index contributed by atoms with van der Waals surface area (Å²) in [6.07, 6.45) is 1.30. The Kier molecular flexibility index (Phi) is 5.11. The fraction of sp³-hybridized carbons (Fsp3) is 0.286. The lowest BCUT2D eigenvalue weighted by molar-refractivity contribution is -0.126. The Bertz CT molecular complexity index is 772. The average Bonchev–Trinajstić information content (AvgIpc) is 2.49. The van der Waals surface area contributed by atoms with Gasteiger partial charge >= 0.3 is 0 Å². The molecule has 0 spiro atoms. The van der Waals surface area contributed by atoms with Gasteiger partial charge in [-0.3, -0.25) is 19.0 Å². The number of fused-ring (bicyclic) bond motifs is 1. The summed E-state index contributed by atoms with van der Waals surface area (Å²) in [4.78, 5) is 39.4. The van der Waals surface area contributed by atoms with Crippen molar-refractivity contribution >= 4 is 34.3 Å². The molecule has 22 heavy (non-hydrogen) atoms. The fourth-order valence-electron chi connectivity index (χ4n) is 1.89. The molecule has 0 unspecified atom stereocenters. The van der Waals surface area contributed by atoms with E-state index >= 15 is 0 Å². The van der Waals surface area contributed by atoms with E-state index in [2.05, 4.69) is 15.6 Å². The molecule has 2 aromatic rings. The highest BCUT2D eigenvalue weighted by molar-refractivity contribution is 6.31. The topological polar surface area (TPSA) is 93.1 Å².